The largest absolute Gasteiger partial charge is 0.366 e. The van der Waals surface area contributed by atoms with Gasteiger partial charge in [0.25, 0.3) is 0 Å². The van der Waals surface area contributed by atoms with E-state index in [2.05, 4.69) is 74.4 Å². The smallest absolute Gasteiger partial charge is 0.119 e. The maximum absolute atomic E-state index is 6.57. The molecule has 0 amide bonds. The second kappa shape index (κ2) is 7.50. The lowest BCUT2D eigenvalue weighted by Crippen LogP contribution is -2.33. The van der Waals surface area contributed by atoms with Crippen LogP contribution in [0.1, 0.15) is 42.0 Å². The van der Waals surface area contributed by atoms with Crippen LogP contribution < -0.4 is 0 Å². The van der Waals surface area contributed by atoms with Crippen LogP contribution in [0.4, 0.5) is 0 Å². The van der Waals surface area contributed by atoms with Crippen molar-refractivity contribution in [3.63, 3.8) is 0 Å². The van der Waals surface area contributed by atoms with Crippen molar-refractivity contribution in [2.24, 2.45) is 0 Å². The van der Waals surface area contributed by atoms with Crippen molar-refractivity contribution in [2.45, 2.75) is 38.2 Å². The molecule has 0 fully saturated rings. The van der Waals surface area contributed by atoms with Gasteiger partial charge in [-0.15, -0.1) is 0 Å². The SMILES string of the molecule is CCOC1(CCCN(C)C)c2ccccc2CCc2ccccc21. The van der Waals surface area contributed by atoms with E-state index in [1.165, 1.54) is 22.3 Å². The number of aryl methyl sites for hydroxylation is 2. The predicted octanol–water partition coefficient (Wildman–Crippen LogP) is 4.41. The second-order valence-electron chi connectivity index (χ2n) is 6.98. The minimum atomic E-state index is -0.311. The molecule has 1 aliphatic carbocycles. The Kier molecular flexibility index (Phi) is 5.37. The Morgan fingerprint density at radius 3 is 1.96 bits per heavy atom. The van der Waals surface area contributed by atoms with Crippen molar-refractivity contribution in [3.05, 3.63) is 70.8 Å². The minimum absolute atomic E-state index is 0.311. The summed E-state index contributed by atoms with van der Waals surface area (Å²) in [6.07, 6.45) is 4.33. The van der Waals surface area contributed by atoms with E-state index >= 15 is 0 Å². The summed E-state index contributed by atoms with van der Waals surface area (Å²) in [5, 5.41) is 0. The Labute approximate surface area is 146 Å². The zero-order chi connectivity index (χ0) is 17.0. The zero-order valence-electron chi connectivity index (χ0n) is 15.2. The van der Waals surface area contributed by atoms with E-state index in [1.54, 1.807) is 0 Å². The van der Waals surface area contributed by atoms with Gasteiger partial charge in [-0.3, -0.25) is 0 Å². The molecule has 0 aromatic heterocycles. The van der Waals surface area contributed by atoms with E-state index < -0.39 is 0 Å². The van der Waals surface area contributed by atoms with Crippen LogP contribution in [0, 0.1) is 0 Å². The summed E-state index contributed by atoms with van der Waals surface area (Å²) in [7, 11) is 4.28. The minimum Gasteiger partial charge on any atom is -0.366 e. The fourth-order valence-electron chi connectivity index (χ4n) is 4.07. The van der Waals surface area contributed by atoms with Crippen molar-refractivity contribution < 1.29 is 4.74 Å². The summed E-state index contributed by atoms with van der Waals surface area (Å²) in [4.78, 5) is 2.26. The normalized spacial score (nSPS) is 15.7. The summed E-state index contributed by atoms with van der Waals surface area (Å²) < 4.78 is 6.57. The van der Waals surface area contributed by atoms with Crippen LogP contribution in [0.25, 0.3) is 0 Å². The van der Waals surface area contributed by atoms with Crippen LogP contribution in [0.3, 0.4) is 0 Å². The van der Waals surface area contributed by atoms with Gasteiger partial charge in [0.05, 0.1) is 0 Å². The first-order valence-corrected chi connectivity index (χ1v) is 9.13. The molecule has 2 aromatic carbocycles. The summed E-state index contributed by atoms with van der Waals surface area (Å²) in [5.41, 5.74) is 5.30. The molecule has 2 nitrogen and oxygen atoms in total. The van der Waals surface area contributed by atoms with Crippen LogP contribution in [-0.4, -0.2) is 32.1 Å². The first kappa shape index (κ1) is 17.2. The fourth-order valence-corrected chi connectivity index (χ4v) is 4.07. The van der Waals surface area contributed by atoms with E-state index in [0.717, 1.165) is 38.8 Å². The third kappa shape index (κ3) is 3.26. The Morgan fingerprint density at radius 2 is 1.46 bits per heavy atom. The number of nitrogens with zero attached hydrogens (tertiary/aromatic N) is 1. The molecule has 0 heterocycles. The number of hydrogen-bond acceptors (Lipinski definition) is 2. The molecule has 0 unspecified atom stereocenters. The predicted molar refractivity (Wildman–Crippen MR) is 100 cm³/mol. The summed E-state index contributed by atoms with van der Waals surface area (Å²) in [6.45, 7) is 3.92. The average Bonchev–Trinajstić information content (AvgIpc) is 2.72. The zero-order valence-corrected chi connectivity index (χ0v) is 15.2. The van der Waals surface area contributed by atoms with Gasteiger partial charge in [-0.2, -0.15) is 0 Å². The Hall–Kier alpha value is -1.64. The molecular formula is C22H29NO. The highest BCUT2D eigenvalue weighted by molar-refractivity contribution is 5.47. The lowest BCUT2D eigenvalue weighted by atomic mass is 9.79. The highest BCUT2D eigenvalue weighted by atomic mass is 16.5. The number of benzene rings is 2. The highest BCUT2D eigenvalue weighted by Gasteiger charge is 2.39. The molecule has 3 rings (SSSR count). The number of fused-ring (bicyclic) bond motifs is 2. The molecule has 0 bridgehead atoms. The van der Waals surface area contributed by atoms with Gasteiger partial charge in [-0.1, -0.05) is 48.5 Å². The maximum atomic E-state index is 6.57. The maximum Gasteiger partial charge on any atom is 0.119 e. The van der Waals surface area contributed by atoms with Crippen molar-refractivity contribution >= 4 is 0 Å². The van der Waals surface area contributed by atoms with Gasteiger partial charge in [0.1, 0.15) is 5.60 Å². The van der Waals surface area contributed by atoms with Gasteiger partial charge in [-0.25, -0.2) is 0 Å². The van der Waals surface area contributed by atoms with Gasteiger partial charge in [-0.05, 0) is 75.5 Å². The quantitative estimate of drug-likeness (QED) is 0.781. The van der Waals surface area contributed by atoms with E-state index in [1.807, 2.05) is 0 Å². The molecule has 2 aromatic rings. The first-order chi connectivity index (χ1) is 11.7. The topological polar surface area (TPSA) is 12.5 Å². The van der Waals surface area contributed by atoms with Gasteiger partial charge >= 0.3 is 0 Å². The average molecular weight is 323 g/mol. The molecule has 128 valence electrons. The third-order valence-electron chi connectivity index (χ3n) is 5.09. The Morgan fingerprint density at radius 1 is 0.917 bits per heavy atom. The second-order valence-corrected chi connectivity index (χ2v) is 6.98. The Bertz CT molecular complexity index is 630. The van der Waals surface area contributed by atoms with E-state index in [-0.39, 0.29) is 5.60 Å². The summed E-state index contributed by atoms with van der Waals surface area (Å²) >= 11 is 0. The molecule has 2 heteroatoms. The molecular weight excluding hydrogens is 294 g/mol. The molecule has 0 saturated carbocycles. The first-order valence-electron chi connectivity index (χ1n) is 9.13. The van der Waals surface area contributed by atoms with Crippen molar-refractivity contribution in [1.82, 2.24) is 4.90 Å². The van der Waals surface area contributed by atoms with E-state index in [0.29, 0.717) is 0 Å². The van der Waals surface area contributed by atoms with E-state index in [4.69, 9.17) is 4.74 Å². The molecule has 1 aliphatic rings. The van der Waals surface area contributed by atoms with Crippen LogP contribution in [-0.2, 0) is 23.2 Å². The molecule has 0 spiro atoms. The summed E-state index contributed by atoms with van der Waals surface area (Å²) in [5.74, 6) is 0. The lowest BCUT2D eigenvalue weighted by Gasteiger charge is -2.36. The van der Waals surface area contributed by atoms with Gasteiger partial charge in [0.15, 0.2) is 0 Å². The highest BCUT2D eigenvalue weighted by Crippen LogP contribution is 2.43. The molecule has 0 N–H and O–H groups in total. The van der Waals surface area contributed by atoms with Gasteiger partial charge in [0.2, 0.25) is 0 Å². The molecule has 0 saturated heterocycles. The van der Waals surface area contributed by atoms with Gasteiger partial charge in [0, 0.05) is 6.61 Å². The third-order valence-corrected chi connectivity index (χ3v) is 5.09. The van der Waals surface area contributed by atoms with Crippen LogP contribution in [0.15, 0.2) is 48.5 Å². The van der Waals surface area contributed by atoms with Crippen molar-refractivity contribution in [3.8, 4) is 0 Å². The van der Waals surface area contributed by atoms with Gasteiger partial charge < -0.3 is 9.64 Å². The number of hydrogen-bond donors (Lipinski definition) is 0. The molecule has 24 heavy (non-hydrogen) atoms. The fraction of sp³-hybridized carbons (Fsp3) is 0.455. The lowest BCUT2D eigenvalue weighted by molar-refractivity contribution is -0.0204. The monoisotopic (exact) mass is 323 g/mol. The molecule has 0 radical (unpaired) electrons. The Balaban J connectivity index is 2.12. The van der Waals surface area contributed by atoms with Crippen LogP contribution in [0.5, 0.6) is 0 Å². The van der Waals surface area contributed by atoms with Crippen LogP contribution in [0.2, 0.25) is 0 Å². The molecule has 0 aliphatic heterocycles. The van der Waals surface area contributed by atoms with Crippen molar-refractivity contribution in [1.29, 1.82) is 0 Å². The van der Waals surface area contributed by atoms with Crippen LogP contribution >= 0.6 is 0 Å². The van der Waals surface area contributed by atoms with Crippen molar-refractivity contribution in [2.75, 3.05) is 27.2 Å². The number of rotatable bonds is 6. The number of ether oxygens (including phenoxy) is 1. The molecule has 0 atom stereocenters. The van der Waals surface area contributed by atoms with E-state index in [9.17, 15) is 0 Å². The summed E-state index contributed by atoms with van der Waals surface area (Å²) in [6, 6.07) is 17.8. The standard InChI is InChI=1S/C22H29NO/c1-4-24-22(16-9-17-23(2)3)20-12-7-5-10-18(20)14-15-19-11-6-8-13-21(19)22/h5-8,10-13H,4,9,14-17H2,1-3H3.